The highest BCUT2D eigenvalue weighted by molar-refractivity contribution is 7.99. The molecule has 0 bridgehead atoms. The lowest BCUT2D eigenvalue weighted by Gasteiger charge is -2.24. The number of aromatic nitrogens is 1. The molecule has 1 aliphatic carbocycles. The summed E-state index contributed by atoms with van der Waals surface area (Å²) in [6.45, 7) is 2.13. The number of hydrogen-bond acceptors (Lipinski definition) is 2. The summed E-state index contributed by atoms with van der Waals surface area (Å²) < 4.78 is 0. The van der Waals surface area contributed by atoms with E-state index in [0.717, 1.165) is 0 Å². The Morgan fingerprint density at radius 3 is 2.89 bits per heavy atom. The molecule has 0 saturated heterocycles. The van der Waals surface area contributed by atoms with E-state index in [9.17, 15) is 0 Å². The number of fused-ring (bicyclic) bond motifs is 1. The number of hydrogen-bond donors (Lipinski definition) is 0. The zero-order chi connectivity index (χ0) is 12.4. The fourth-order valence-corrected chi connectivity index (χ4v) is 3.77. The molecule has 0 radical (unpaired) electrons. The SMILES string of the molecule is Cc1cnc2c(c1)CCC[C@@H]2Sc1ccccc1. The molecule has 0 fully saturated rings. The van der Waals surface area contributed by atoms with Crippen molar-refractivity contribution in [1.29, 1.82) is 0 Å². The van der Waals surface area contributed by atoms with Gasteiger partial charge in [-0.2, -0.15) is 0 Å². The van der Waals surface area contributed by atoms with Crippen molar-refractivity contribution in [2.24, 2.45) is 0 Å². The summed E-state index contributed by atoms with van der Waals surface area (Å²) in [5.41, 5.74) is 4.04. The highest BCUT2D eigenvalue weighted by atomic mass is 32.2. The van der Waals surface area contributed by atoms with Crippen molar-refractivity contribution in [3.63, 3.8) is 0 Å². The van der Waals surface area contributed by atoms with Gasteiger partial charge < -0.3 is 0 Å². The molecule has 1 nitrogen and oxygen atoms in total. The van der Waals surface area contributed by atoms with Crippen LogP contribution < -0.4 is 0 Å². The van der Waals surface area contributed by atoms with Crippen LogP contribution in [0.25, 0.3) is 0 Å². The lowest BCUT2D eigenvalue weighted by atomic mass is 9.95. The van der Waals surface area contributed by atoms with E-state index in [4.69, 9.17) is 0 Å². The van der Waals surface area contributed by atoms with Crippen LogP contribution in [-0.4, -0.2) is 4.98 Å². The zero-order valence-corrected chi connectivity index (χ0v) is 11.4. The molecule has 1 aliphatic rings. The summed E-state index contributed by atoms with van der Waals surface area (Å²) >= 11 is 1.95. The van der Waals surface area contributed by atoms with Gasteiger partial charge in [-0.3, -0.25) is 4.98 Å². The normalized spacial score (nSPS) is 18.4. The van der Waals surface area contributed by atoms with Crippen molar-refractivity contribution >= 4 is 11.8 Å². The first-order chi connectivity index (χ1) is 8.83. The topological polar surface area (TPSA) is 12.9 Å². The van der Waals surface area contributed by atoms with Crippen LogP contribution in [0.2, 0.25) is 0 Å². The first-order valence-corrected chi connectivity index (χ1v) is 7.38. The van der Waals surface area contributed by atoms with Gasteiger partial charge in [-0.15, -0.1) is 11.8 Å². The summed E-state index contributed by atoms with van der Waals surface area (Å²) in [5, 5.41) is 0.525. The molecule has 1 heterocycles. The molecular formula is C16H17NS. The molecule has 0 unspecified atom stereocenters. The van der Waals surface area contributed by atoms with Gasteiger partial charge in [0.1, 0.15) is 0 Å². The minimum absolute atomic E-state index is 0.525. The van der Waals surface area contributed by atoms with E-state index in [1.165, 1.54) is 41.0 Å². The molecule has 3 rings (SSSR count). The average molecular weight is 255 g/mol. The van der Waals surface area contributed by atoms with E-state index in [0.29, 0.717) is 5.25 Å². The number of pyridine rings is 1. The Bertz CT molecular complexity index is 536. The van der Waals surface area contributed by atoms with Crippen LogP contribution in [0.5, 0.6) is 0 Å². The number of rotatable bonds is 2. The number of nitrogens with zero attached hydrogens (tertiary/aromatic N) is 1. The number of benzene rings is 1. The van der Waals surface area contributed by atoms with Crippen LogP contribution in [0.1, 0.15) is 34.9 Å². The third-order valence-electron chi connectivity index (χ3n) is 3.38. The van der Waals surface area contributed by atoms with Crippen LogP contribution in [0.15, 0.2) is 47.5 Å². The molecule has 92 valence electrons. The summed E-state index contributed by atoms with van der Waals surface area (Å²) in [6, 6.07) is 13.0. The van der Waals surface area contributed by atoms with Crippen LogP contribution in [0, 0.1) is 6.92 Å². The zero-order valence-electron chi connectivity index (χ0n) is 10.6. The van der Waals surface area contributed by atoms with Gasteiger partial charge in [-0.05, 0) is 49.4 Å². The second kappa shape index (κ2) is 5.15. The molecule has 0 amide bonds. The molecule has 0 N–H and O–H groups in total. The van der Waals surface area contributed by atoms with Crippen LogP contribution >= 0.6 is 11.8 Å². The number of aryl methyl sites for hydroxylation is 2. The second-order valence-electron chi connectivity index (χ2n) is 4.87. The van der Waals surface area contributed by atoms with Gasteiger partial charge in [0.15, 0.2) is 0 Å². The Labute approximate surface area is 113 Å². The van der Waals surface area contributed by atoms with E-state index < -0.39 is 0 Å². The van der Waals surface area contributed by atoms with Crippen LogP contribution in [-0.2, 0) is 6.42 Å². The Morgan fingerprint density at radius 2 is 2.06 bits per heavy atom. The lowest BCUT2D eigenvalue weighted by molar-refractivity contribution is 0.655. The van der Waals surface area contributed by atoms with Crippen molar-refractivity contribution < 1.29 is 0 Å². The van der Waals surface area contributed by atoms with Gasteiger partial charge in [0.2, 0.25) is 0 Å². The van der Waals surface area contributed by atoms with Gasteiger partial charge in [0, 0.05) is 11.1 Å². The molecule has 1 aromatic heterocycles. The predicted octanol–water partition coefficient (Wildman–Crippen LogP) is 4.56. The molecule has 0 saturated carbocycles. The smallest absolute Gasteiger partial charge is 0.0569 e. The van der Waals surface area contributed by atoms with E-state index >= 15 is 0 Å². The molecule has 1 aromatic carbocycles. The van der Waals surface area contributed by atoms with E-state index in [1.807, 2.05) is 18.0 Å². The Morgan fingerprint density at radius 1 is 1.22 bits per heavy atom. The summed E-state index contributed by atoms with van der Waals surface area (Å²) in [4.78, 5) is 6.02. The summed E-state index contributed by atoms with van der Waals surface area (Å²) in [6.07, 6.45) is 5.71. The largest absolute Gasteiger partial charge is 0.260 e. The van der Waals surface area contributed by atoms with Crippen LogP contribution in [0.3, 0.4) is 0 Å². The highest BCUT2D eigenvalue weighted by Gasteiger charge is 2.22. The molecule has 2 heteroatoms. The first kappa shape index (κ1) is 11.8. The maximum atomic E-state index is 4.68. The third kappa shape index (κ3) is 2.44. The fraction of sp³-hybridized carbons (Fsp3) is 0.312. The quantitative estimate of drug-likeness (QED) is 0.780. The molecule has 1 atom stereocenters. The third-order valence-corrected chi connectivity index (χ3v) is 4.66. The molecule has 0 spiro atoms. The van der Waals surface area contributed by atoms with Gasteiger partial charge in [0.05, 0.1) is 10.9 Å². The Kier molecular flexibility index (Phi) is 3.37. The van der Waals surface area contributed by atoms with Gasteiger partial charge in [-0.25, -0.2) is 0 Å². The van der Waals surface area contributed by atoms with Crippen molar-refractivity contribution in [2.45, 2.75) is 36.3 Å². The van der Waals surface area contributed by atoms with Gasteiger partial charge in [-0.1, -0.05) is 24.3 Å². The minimum Gasteiger partial charge on any atom is -0.260 e. The van der Waals surface area contributed by atoms with Crippen molar-refractivity contribution in [3.05, 3.63) is 59.4 Å². The summed E-state index contributed by atoms with van der Waals surface area (Å²) in [7, 11) is 0. The lowest BCUT2D eigenvalue weighted by Crippen LogP contribution is -2.09. The maximum absolute atomic E-state index is 4.68. The predicted molar refractivity (Wildman–Crippen MR) is 77.0 cm³/mol. The molecule has 2 aromatic rings. The Balaban J connectivity index is 1.87. The molecule has 18 heavy (non-hydrogen) atoms. The van der Waals surface area contributed by atoms with Crippen LogP contribution in [0.4, 0.5) is 0 Å². The van der Waals surface area contributed by atoms with E-state index in [2.05, 4.69) is 48.3 Å². The first-order valence-electron chi connectivity index (χ1n) is 6.50. The average Bonchev–Trinajstić information content (AvgIpc) is 2.40. The van der Waals surface area contributed by atoms with Gasteiger partial charge in [0.25, 0.3) is 0 Å². The van der Waals surface area contributed by atoms with Crippen molar-refractivity contribution in [3.8, 4) is 0 Å². The molecular weight excluding hydrogens is 238 g/mol. The summed E-state index contributed by atoms with van der Waals surface area (Å²) in [5.74, 6) is 0. The minimum atomic E-state index is 0.525. The van der Waals surface area contributed by atoms with E-state index in [1.54, 1.807) is 0 Å². The highest BCUT2D eigenvalue weighted by Crippen LogP contribution is 2.42. The van der Waals surface area contributed by atoms with E-state index in [-0.39, 0.29) is 0 Å². The monoisotopic (exact) mass is 255 g/mol. The maximum Gasteiger partial charge on any atom is 0.0569 e. The number of thioether (sulfide) groups is 1. The standard InChI is InChI=1S/C16H17NS/c1-12-10-13-6-5-9-15(16(13)17-11-12)18-14-7-3-2-4-8-14/h2-4,7-8,10-11,15H,5-6,9H2,1H3/t15-/m0/s1. The van der Waals surface area contributed by atoms with Crippen molar-refractivity contribution in [2.75, 3.05) is 0 Å². The van der Waals surface area contributed by atoms with Crippen molar-refractivity contribution in [1.82, 2.24) is 4.98 Å². The Hall–Kier alpha value is -1.28. The van der Waals surface area contributed by atoms with Gasteiger partial charge >= 0.3 is 0 Å². The fourth-order valence-electron chi connectivity index (χ4n) is 2.52. The second-order valence-corrected chi connectivity index (χ2v) is 6.14. The molecule has 0 aliphatic heterocycles.